The Morgan fingerprint density at radius 1 is 0.970 bits per heavy atom. The molecule has 0 saturated heterocycles. The minimum atomic E-state index is -0.545. The first-order chi connectivity index (χ1) is 15.9. The summed E-state index contributed by atoms with van der Waals surface area (Å²) in [6.45, 7) is 3.93. The standard InChI is InChI=1S/C25H28N4O4/c1-3-18(2)24(32)27-21-11-7-10-20(14-21)15-26-22(30)17-29-23(31)12-13-28(25(29)33)16-19-8-5-4-6-9-19/h4-14,18H,3,15-17H2,1-2H3,(H,26,30)(H,27,32). The first-order valence-electron chi connectivity index (χ1n) is 10.9. The van der Waals surface area contributed by atoms with E-state index in [1.807, 2.05) is 50.2 Å². The van der Waals surface area contributed by atoms with Crippen molar-refractivity contribution < 1.29 is 9.59 Å². The van der Waals surface area contributed by atoms with Gasteiger partial charge in [-0.25, -0.2) is 4.79 Å². The van der Waals surface area contributed by atoms with Gasteiger partial charge in [0.15, 0.2) is 0 Å². The van der Waals surface area contributed by atoms with Crippen molar-refractivity contribution in [2.24, 2.45) is 5.92 Å². The van der Waals surface area contributed by atoms with Crippen LogP contribution in [0.15, 0.2) is 76.4 Å². The smallest absolute Gasteiger partial charge is 0.331 e. The molecule has 1 unspecified atom stereocenters. The van der Waals surface area contributed by atoms with Gasteiger partial charge in [-0.1, -0.05) is 56.3 Å². The van der Waals surface area contributed by atoms with E-state index in [-0.39, 0.29) is 24.9 Å². The van der Waals surface area contributed by atoms with E-state index in [1.165, 1.54) is 16.8 Å². The van der Waals surface area contributed by atoms with E-state index >= 15 is 0 Å². The van der Waals surface area contributed by atoms with Crippen LogP contribution in [-0.2, 0) is 29.2 Å². The topological polar surface area (TPSA) is 102 Å². The van der Waals surface area contributed by atoms with Crippen molar-refractivity contribution in [1.29, 1.82) is 0 Å². The molecule has 0 bridgehead atoms. The molecule has 2 amide bonds. The molecule has 33 heavy (non-hydrogen) atoms. The minimum absolute atomic E-state index is 0.0612. The van der Waals surface area contributed by atoms with Crippen LogP contribution >= 0.6 is 0 Å². The van der Waals surface area contributed by atoms with E-state index in [4.69, 9.17) is 0 Å². The molecule has 1 aromatic heterocycles. The highest BCUT2D eigenvalue weighted by molar-refractivity contribution is 5.92. The van der Waals surface area contributed by atoms with Crippen LogP contribution in [0.2, 0.25) is 0 Å². The number of nitrogens with one attached hydrogen (secondary N) is 2. The lowest BCUT2D eigenvalue weighted by Crippen LogP contribution is -2.43. The SMILES string of the molecule is CCC(C)C(=O)Nc1cccc(CNC(=O)Cn2c(=O)ccn(Cc3ccccc3)c2=O)c1. The Balaban J connectivity index is 1.64. The highest BCUT2D eigenvalue weighted by atomic mass is 16.2. The molecule has 0 aliphatic rings. The predicted octanol–water partition coefficient (Wildman–Crippen LogP) is 2.36. The Bertz CT molecular complexity index is 1230. The van der Waals surface area contributed by atoms with E-state index in [2.05, 4.69) is 10.6 Å². The Morgan fingerprint density at radius 2 is 1.70 bits per heavy atom. The van der Waals surface area contributed by atoms with Crippen LogP contribution in [0.25, 0.3) is 0 Å². The van der Waals surface area contributed by atoms with Crippen molar-refractivity contribution in [3.63, 3.8) is 0 Å². The Hall–Kier alpha value is -3.94. The number of carbonyl (C=O) groups is 2. The maximum Gasteiger partial charge on any atom is 0.331 e. The third-order valence-electron chi connectivity index (χ3n) is 5.38. The number of hydrogen-bond acceptors (Lipinski definition) is 4. The molecule has 1 atom stereocenters. The van der Waals surface area contributed by atoms with E-state index in [0.29, 0.717) is 12.2 Å². The van der Waals surface area contributed by atoms with Crippen molar-refractivity contribution in [3.8, 4) is 0 Å². The van der Waals surface area contributed by atoms with Gasteiger partial charge in [0, 0.05) is 30.4 Å². The third-order valence-corrected chi connectivity index (χ3v) is 5.38. The first kappa shape index (κ1) is 23.7. The molecule has 8 heteroatoms. The summed E-state index contributed by atoms with van der Waals surface area (Å²) < 4.78 is 2.31. The summed E-state index contributed by atoms with van der Waals surface area (Å²) in [4.78, 5) is 49.5. The van der Waals surface area contributed by atoms with Crippen molar-refractivity contribution in [2.75, 3.05) is 5.32 Å². The van der Waals surface area contributed by atoms with Gasteiger partial charge >= 0.3 is 5.69 Å². The van der Waals surface area contributed by atoms with Gasteiger partial charge < -0.3 is 10.6 Å². The maximum absolute atomic E-state index is 12.7. The van der Waals surface area contributed by atoms with E-state index in [0.717, 1.165) is 22.1 Å². The highest BCUT2D eigenvalue weighted by Gasteiger charge is 2.12. The number of carbonyl (C=O) groups excluding carboxylic acids is 2. The Morgan fingerprint density at radius 3 is 2.42 bits per heavy atom. The summed E-state index contributed by atoms with van der Waals surface area (Å²) in [5, 5.41) is 5.59. The second-order valence-corrected chi connectivity index (χ2v) is 7.91. The molecular formula is C25H28N4O4. The lowest BCUT2D eigenvalue weighted by molar-refractivity contribution is -0.122. The molecule has 2 aromatic carbocycles. The van der Waals surface area contributed by atoms with Crippen LogP contribution in [-0.4, -0.2) is 20.9 Å². The molecule has 0 radical (unpaired) electrons. The van der Waals surface area contributed by atoms with Gasteiger partial charge in [-0.3, -0.25) is 23.5 Å². The van der Waals surface area contributed by atoms with Crippen LogP contribution in [0, 0.1) is 5.92 Å². The second-order valence-electron chi connectivity index (χ2n) is 7.91. The predicted molar refractivity (Wildman–Crippen MR) is 127 cm³/mol. The van der Waals surface area contributed by atoms with Crippen molar-refractivity contribution >= 4 is 17.5 Å². The van der Waals surface area contributed by atoms with Gasteiger partial charge in [0.1, 0.15) is 6.54 Å². The molecule has 0 fully saturated rings. The summed E-state index contributed by atoms with van der Waals surface area (Å²) >= 11 is 0. The fourth-order valence-electron chi connectivity index (χ4n) is 3.21. The number of rotatable bonds is 9. The van der Waals surface area contributed by atoms with Crippen molar-refractivity contribution in [3.05, 3.63) is 98.8 Å². The first-order valence-corrected chi connectivity index (χ1v) is 10.9. The molecule has 0 spiro atoms. The molecule has 1 heterocycles. The molecular weight excluding hydrogens is 420 g/mol. The molecule has 172 valence electrons. The fourth-order valence-corrected chi connectivity index (χ4v) is 3.21. The fraction of sp³-hybridized carbons (Fsp3) is 0.280. The number of aromatic nitrogens is 2. The zero-order valence-corrected chi connectivity index (χ0v) is 18.8. The van der Waals surface area contributed by atoms with Crippen LogP contribution in [0.1, 0.15) is 31.4 Å². The van der Waals surface area contributed by atoms with E-state index in [1.54, 1.807) is 18.2 Å². The Kier molecular flexibility index (Phi) is 7.96. The Labute approximate surface area is 191 Å². The molecule has 2 N–H and O–H groups in total. The summed E-state index contributed by atoms with van der Waals surface area (Å²) in [5.41, 5.74) is 1.27. The summed E-state index contributed by atoms with van der Waals surface area (Å²) in [6, 6.07) is 17.8. The van der Waals surface area contributed by atoms with E-state index < -0.39 is 17.2 Å². The van der Waals surface area contributed by atoms with E-state index in [9.17, 15) is 19.2 Å². The van der Waals surface area contributed by atoms with Crippen LogP contribution in [0.5, 0.6) is 0 Å². The quantitative estimate of drug-likeness (QED) is 0.525. The summed E-state index contributed by atoms with van der Waals surface area (Å²) in [6.07, 6.45) is 2.18. The monoisotopic (exact) mass is 448 g/mol. The van der Waals surface area contributed by atoms with Gasteiger partial charge in [0.25, 0.3) is 5.56 Å². The lowest BCUT2D eigenvalue weighted by Gasteiger charge is -2.12. The van der Waals surface area contributed by atoms with Gasteiger partial charge in [0.05, 0.1) is 6.54 Å². The normalized spacial score (nSPS) is 11.6. The zero-order chi connectivity index (χ0) is 23.8. The summed E-state index contributed by atoms with van der Waals surface area (Å²) in [7, 11) is 0. The molecule has 0 aliphatic heterocycles. The molecule has 3 aromatic rings. The average molecular weight is 449 g/mol. The maximum atomic E-state index is 12.7. The molecule has 8 nitrogen and oxygen atoms in total. The van der Waals surface area contributed by atoms with Gasteiger partial charge in [-0.15, -0.1) is 0 Å². The molecule has 3 rings (SSSR count). The number of nitrogens with zero attached hydrogens (tertiary/aromatic N) is 2. The second kappa shape index (κ2) is 11.1. The van der Waals surface area contributed by atoms with Gasteiger partial charge in [-0.2, -0.15) is 0 Å². The van der Waals surface area contributed by atoms with Crippen LogP contribution in [0.3, 0.4) is 0 Å². The highest BCUT2D eigenvalue weighted by Crippen LogP contribution is 2.13. The molecule has 0 aliphatic carbocycles. The molecule has 0 saturated carbocycles. The summed E-state index contributed by atoms with van der Waals surface area (Å²) in [5.74, 6) is -0.613. The van der Waals surface area contributed by atoms with Crippen molar-refractivity contribution in [2.45, 2.75) is 39.9 Å². The van der Waals surface area contributed by atoms with Crippen LogP contribution < -0.4 is 21.9 Å². The number of anilines is 1. The number of hydrogen-bond donors (Lipinski definition) is 2. The van der Waals surface area contributed by atoms with Gasteiger partial charge in [0.2, 0.25) is 11.8 Å². The van der Waals surface area contributed by atoms with Crippen molar-refractivity contribution in [1.82, 2.24) is 14.5 Å². The largest absolute Gasteiger partial charge is 0.350 e. The van der Waals surface area contributed by atoms with Gasteiger partial charge in [-0.05, 0) is 29.7 Å². The number of amides is 2. The number of benzene rings is 2. The third kappa shape index (κ3) is 6.52. The minimum Gasteiger partial charge on any atom is -0.350 e. The average Bonchev–Trinajstić information content (AvgIpc) is 2.82. The lowest BCUT2D eigenvalue weighted by atomic mass is 10.1. The zero-order valence-electron chi connectivity index (χ0n) is 18.8. The van der Waals surface area contributed by atoms with Crippen LogP contribution in [0.4, 0.5) is 5.69 Å².